The van der Waals surface area contributed by atoms with E-state index in [1.807, 2.05) is 0 Å². The predicted molar refractivity (Wildman–Crippen MR) is 61.1 cm³/mol. The molecule has 0 bridgehead atoms. The van der Waals surface area contributed by atoms with Crippen molar-refractivity contribution in [2.75, 3.05) is 6.61 Å². The maximum atomic E-state index is 13.3. The van der Waals surface area contributed by atoms with Crippen LogP contribution in [0.3, 0.4) is 0 Å². The number of rotatable bonds is 4. The number of nitrogens with one attached hydrogen (secondary N) is 1. The highest BCUT2D eigenvalue weighted by atomic mass is 19.3. The molecule has 0 aromatic heterocycles. The summed E-state index contributed by atoms with van der Waals surface area (Å²) in [6, 6.07) is -0.269. The highest BCUT2D eigenvalue weighted by Crippen LogP contribution is 2.24. The first-order valence-electron chi connectivity index (χ1n) is 6.24. The molecule has 1 rings (SSSR count). The summed E-state index contributed by atoms with van der Waals surface area (Å²) in [7, 11) is 0. The minimum Gasteiger partial charge on any atom is -0.461 e. The summed E-state index contributed by atoms with van der Waals surface area (Å²) < 4.78 is 30.9. The van der Waals surface area contributed by atoms with Crippen molar-refractivity contribution < 1.29 is 23.1 Å². The summed E-state index contributed by atoms with van der Waals surface area (Å²) in [5, 5.41) is 2.23. The molecule has 1 aliphatic rings. The number of carbonyl (C=O) groups is 2. The molecule has 0 saturated heterocycles. The monoisotopic (exact) mass is 263 g/mol. The number of ether oxygens (including phenoxy) is 1. The molecule has 0 spiro atoms. The van der Waals surface area contributed by atoms with Gasteiger partial charge in [-0.05, 0) is 38.5 Å². The molecule has 0 aliphatic heterocycles. The van der Waals surface area contributed by atoms with Crippen molar-refractivity contribution in [3.63, 3.8) is 0 Å². The average Bonchev–Trinajstić information content (AvgIpc) is 2.32. The van der Waals surface area contributed by atoms with Crippen LogP contribution in [0, 0.1) is 5.92 Å². The average molecular weight is 263 g/mol. The quantitative estimate of drug-likeness (QED) is 0.622. The maximum Gasteiger partial charge on any atom is 0.418 e. The van der Waals surface area contributed by atoms with Crippen LogP contribution in [0.5, 0.6) is 0 Å². The molecule has 6 heteroatoms. The molecule has 0 unspecified atom stereocenters. The molecule has 18 heavy (non-hydrogen) atoms. The van der Waals surface area contributed by atoms with Crippen LogP contribution in [-0.4, -0.2) is 30.4 Å². The summed E-state index contributed by atoms with van der Waals surface area (Å²) in [6.45, 7) is 3.32. The predicted octanol–water partition coefficient (Wildman–Crippen LogP) is 1.88. The summed E-state index contributed by atoms with van der Waals surface area (Å²) in [4.78, 5) is 22.3. The Balaban J connectivity index is 2.51. The van der Waals surface area contributed by atoms with Gasteiger partial charge in [-0.15, -0.1) is 0 Å². The van der Waals surface area contributed by atoms with Gasteiger partial charge in [0, 0.05) is 6.04 Å². The van der Waals surface area contributed by atoms with Crippen LogP contribution in [0.4, 0.5) is 8.78 Å². The lowest BCUT2D eigenvalue weighted by atomic mass is 9.87. The van der Waals surface area contributed by atoms with Gasteiger partial charge in [0.2, 0.25) is 0 Å². The molecule has 1 fully saturated rings. The van der Waals surface area contributed by atoms with Crippen molar-refractivity contribution in [3.05, 3.63) is 0 Å². The van der Waals surface area contributed by atoms with Gasteiger partial charge in [-0.25, -0.2) is 4.79 Å². The Morgan fingerprint density at radius 1 is 1.28 bits per heavy atom. The summed E-state index contributed by atoms with van der Waals surface area (Å²) >= 11 is 0. The van der Waals surface area contributed by atoms with E-state index in [0.717, 1.165) is 12.8 Å². The van der Waals surface area contributed by atoms with Gasteiger partial charge in [0.15, 0.2) is 0 Å². The normalized spacial score (nSPS) is 24.4. The topological polar surface area (TPSA) is 55.4 Å². The molecule has 1 N–H and O–H groups in total. The van der Waals surface area contributed by atoms with Crippen LogP contribution in [-0.2, 0) is 14.3 Å². The van der Waals surface area contributed by atoms with Gasteiger partial charge < -0.3 is 10.1 Å². The molecular formula is C12H19F2NO3. The van der Waals surface area contributed by atoms with E-state index >= 15 is 0 Å². The van der Waals surface area contributed by atoms with Crippen molar-refractivity contribution >= 4 is 11.9 Å². The third-order valence-electron chi connectivity index (χ3n) is 3.17. The molecule has 1 aliphatic carbocycles. The smallest absolute Gasteiger partial charge is 0.418 e. The van der Waals surface area contributed by atoms with Crippen molar-refractivity contribution in [1.82, 2.24) is 5.32 Å². The first-order valence-corrected chi connectivity index (χ1v) is 6.24. The van der Waals surface area contributed by atoms with Crippen molar-refractivity contribution in [3.8, 4) is 0 Å². The Labute approximate surface area is 105 Å². The Kier molecular flexibility index (Phi) is 5.04. The highest BCUT2D eigenvalue weighted by molar-refractivity contribution is 6.04. The van der Waals surface area contributed by atoms with Crippen LogP contribution in [0.15, 0.2) is 0 Å². The van der Waals surface area contributed by atoms with Gasteiger partial charge in [0.25, 0.3) is 0 Å². The summed E-state index contributed by atoms with van der Waals surface area (Å²) in [6.07, 6.45) is 3.14. The van der Waals surface area contributed by atoms with Crippen molar-refractivity contribution in [1.29, 1.82) is 0 Å². The minimum atomic E-state index is -4.10. The number of hydrogen-bond acceptors (Lipinski definition) is 3. The van der Waals surface area contributed by atoms with E-state index in [1.165, 1.54) is 6.92 Å². The molecular weight excluding hydrogens is 244 g/mol. The van der Waals surface area contributed by atoms with E-state index in [9.17, 15) is 18.4 Å². The van der Waals surface area contributed by atoms with E-state index in [1.54, 1.807) is 0 Å². The zero-order valence-corrected chi connectivity index (χ0v) is 10.7. The molecule has 0 radical (unpaired) electrons. The second-order valence-corrected chi connectivity index (χ2v) is 4.73. The fourth-order valence-corrected chi connectivity index (χ4v) is 1.99. The van der Waals surface area contributed by atoms with Crippen LogP contribution in [0.1, 0.15) is 39.5 Å². The second-order valence-electron chi connectivity index (χ2n) is 4.73. The van der Waals surface area contributed by atoms with E-state index < -0.39 is 17.8 Å². The van der Waals surface area contributed by atoms with Gasteiger partial charge in [-0.1, -0.05) is 6.92 Å². The standard InChI is InChI=1S/C12H19F2NO3/c1-3-18-11(17)12(13,14)10(16)15-9-6-4-8(2)5-7-9/h8-9H,3-7H2,1-2H3,(H,15,16). The Morgan fingerprint density at radius 3 is 2.33 bits per heavy atom. The van der Waals surface area contributed by atoms with Gasteiger partial charge >= 0.3 is 17.8 Å². The molecule has 0 heterocycles. The van der Waals surface area contributed by atoms with E-state index in [4.69, 9.17) is 0 Å². The Morgan fingerprint density at radius 2 is 1.83 bits per heavy atom. The molecule has 4 nitrogen and oxygen atoms in total. The molecule has 1 amide bonds. The zero-order valence-electron chi connectivity index (χ0n) is 10.7. The van der Waals surface area contributed by atoms with E-state index in [-0.39, 0.29) is 12.6 Å². The van der Waals surface area contributed by atoms with Crippen LogP contribution < -0.4 is 5.32 Å². The van der Waals surface area contributed by atoms with Crippen molar-refractivity contribution in [2.45, 2.75) is 51.5 Å². The lowest BCUT2D eigenvalue weighted by molar-refractivity contribution is -0.177. The fraction of sp³-hybridized carbons (Fsp3) is 0.833. The minimum absolute atomic E-state index is 0.178. The molecule has 0 aromatic rings. The van der Waals surface area contributed by atoms with Crippen molar-refractivity contribution in [2.24, 2.45) is 5.92 Å². The van der Waals surface area contributed by atoms with Crippen LogP contribution in [0.2, 0.25) is 0 Å². The number of esters is 1. The fourth-order valence-electron chi connectivity index (χ4n) is 1.99. The van der Waals surface area contributed by atoms with Gasteiger partial charge in [-0.3, -0.25) is 4.79 Å². The zero-order chi connectivity index (χ0) is 13.8. The second kappa shape index (κ2) is 6.11. The van der Waals surface area contributed by atoms with Crippen LogP contribution in [0.25, 0.3) is 0 Å². The molecule has 0 aromatic carbocycles. The van der Waals surface area contributed by atoms with Gasteiger partial charge in [0.1, 0.15) is 0 Å². The molecule has 104 valence electrons. The van der Waals surface area contributed by atoms with Gasteiger partial charge in [-0.2, -0.15) is 8.78 Å². The van der Waals surface area contributed by atoms with E-state index in [0.29, 0.717) is 18.8 Å². The third kappa shape index (κ3) is 3.65. The third-order valence-corrected chi connectivity index (χ3v) is 3.17. The summed E-state index contributed by atoms with van der Waals surface area (Å²) in [5.74, 6) is -6.88. The number of amides is 1. The van der Waals surface area contributed by atoms with Crippen LogP contribution >= 0.6 is 0 Å². The Bertz CT molecular complexity index is 312. The maximum absolute atomic E-state index is 13.3. The lowest BCUT2D eigenvalue weighted by Crippen LogP contribution is -2.50. The number of alkyl halides is 2. The Hall–Kier alpha value is -1.20. The first kappa shape index (κ1) is 14.9. The van der Waals surface area contributed by atoms with E-state index in [2.05, 4.69) is 17.0 Å². The first-order chi connectivity index (χ1) is 8.37. The number of halogens is 2. The lowest BCUT2D eigenvalue weighted by Gasteiger charge is -2.27. The summed E-state index contributed by atoms with van der Waals surface area (Å²) in [5.41, 5.74) is 0. The SMILES string of the molecule is CCOC(=O)C(F)(F)C(=O)NC1CCC(C)CC1. The molecule has 1 saturated carbocycles. The van der Waals surface area contributed by atoms with Gasteiger partial charge in [0.05, 0.1) is 6.61 Å². The largest absolute Gasteiger partial charge is 0.461 e. The number of carbonyl (C=O) groups excluding carboxylic acids is 2. The highest BCUT2D eigenvalue weighted by Gasteiger charge is 2.49. The number of hydrogen-bond donors (Lipinski definition) is 1. The molecule has 0 atom stereocenters.